The summed E-state index contributed by atoms with van der Waals surface area (Å²) < 4.78 is 13.8. The average Bonchev–Trinajstić information content (AvgIpc) is 2.34. The molecule has 1 atom stereocenters. The average molecular weight is 252 g/mol. The van der Waals surface area contributed by atoms with Gasteiger partial charge in [-0.1, -0.05) is 17.7 Å². The molecule has 0 saturated heterocycles. The van der Waals surface area contributed by atoms with E-state index in [0.29, 0.717) is 10.6 Å². The number of halogens is 2. The minimum atomic E-state index is -0.339. The number of rotatable bonds is 3. The Labute approximate surface area is 104 Å². The second-order valence-corrected chi connectivity index (χ2v) is 4.00. The molecule has 0 saturated carbocycles. The standard InChI is InChI=1S/C12H11ClFN3/c1-15-12(8-4-5-16-17-7-8)10-3-2-9(13)6-11(10)14/h2-7,12,15H,1H3. The van der Waals surface area contributed by atoms with Crippen molar-refractivity contribution < 1.29 is 4.39 Å². The Kier molecular flexibility index (Phi) is 3.66. The first-order chi connectivity index (χ1) is 8.22. The summed E-state index contributed by atoms with van der Waals surface area (Å²) in [5.74, 6) is -0.339. The lowest BCUT2D eigenvalue weighted by molar-refractivity contribution is 0.575. The summed E-state index contributed by atoms with van der Waals surface area (Å²) in [5.41, 5.74) is 1.38. The maximum absolute atomic E-state index is 13.8. The summed E-state index contributed by atoms with van der Waals surface area (Å²) in [6.07, 6.45) is 3.18. The second kappa shape index (κ2) is 5.21. The molecule has 5 heteroatoms. The molecule has 0 aliphatic rings. The van der Waals surface area contributed by atoms with Crippen LogP contribution in [0, 0.1) is 5.82 Å². The molecule has 2 aromatic rings. The van der Waals surface area contributed by atoms with E-state index in [-0.39, 0.29) is 11.9 Å². The van der Waals surface area contributed by atoms with Crippen molar-refractivity contribution in [1.82, 2.24) is 15.5 Å². The number of hydrogen-bond acceptors (Lipinski definition) is 3. The van der Waals surface area contributed by atoms with Gasteiger partial charge in [-0.2, -0.15) is 10.2 Å². The molecule has 0 spiro atoms. The number of hydrogen-bond donors (Lipinski definition) is 1. The van der Waals surface area contributed by atoms with Gasteiger partial charge in [-0.3, -0.25) is 0 Å². The smallest absolute Gasteiger partial charge is 0.129 e. The fourth-order valence-electron chi connectivity index (χ4n) is 1.71. The van der Waals surface area contributed by atoms with Crippen LogP contribution < -0.4 is 5.32 Å². The van der Waals surface area contributed by atoms with E-state index in [4.69, 9.17) is 11.6 Å². The number of nitrogens with one attached hydrogen (secondary N) is 1. The van der Waals surface area contributed by atoms with Crippen molar-refractivity contribution in [2.24, 2.45) is 0 Å². The highest BCUT2D eigenvalue weighted by Gasteiger charge is 2.16. The highest BCUT2D eigenvalue weighted by molar-refractivity contribution is 6.30. The zero-order valence-corrected chi connectivity index (χ0v) is 9.95. The number of aromatic nitrogens is 2. The van der Waals surface area contributed by atoms with Crippen molar-refractivity contribution in [3.05, 3.63) is 58.6 Å². The summed E-state index contributed by atoms with van der Waals surface area (Å²) in [6, 6.07) is 6.17. The van der Waals surface area contributed by atoms with Gasteiger partial charge in [-0.15, -0.1) is 0 Å². The normalized spacial score (nSPS) is 12.4. The highest BCUT2D eigenvalue weighted by atomic mass is 35.5. The van der Waals surface area contributed by atoms with E-state index >= 15 is 0 Å². The van der Waals surface area contributed by atoms with E-state index in [1.165, 1.54) is 6.07 Å². The number of benzene rings is 1. The van der Waals surface area contributed by atoms with Crippen LogP contribution in [0.4, 0.5) is 4.39 Å². The monoisotopic (exact) mass is 251 g/mol. The van der Waals surface area contributed by atoms with Crippen molar-refractivity contribution in [2.75, 3.05) is 7.05 Å². The van der Waals surface area contributed by atoms with Crippen LogP contribution in [0.15, 0.2) is 36.7 Å². The van der Waals surface area contributed by atoms with E-state index in [1.807, 2.05) is 0 Å². The first-order valence-corrected chi connectivity index (χ1v) is 5.49. The Morgan fingerprint density at radius 2 is 2.12 bits per heavy atom. The van der Waals surface area contributed by atoms with E-state index < -0.39 is 0 Å². The molecule has 0 aliphatic carbocycles. The summed E-state index contributed by atoms with van der Waals surface area (Å²) in [7, 11) is 1.76. The van der Waals surface area contributed by atoms with Gasteiger partial charge in [0.1, 0.15) is 5.82 Å². The van der Waals surface area contributed by atoms with Gasteiger partial charge < -0.3 is 5.32 Å². The second-order valence-electron chi connectivity index (χ2n) is 3.56. The molecular formula is C12H11ClFN3. The maximum Gasteiger partial charge on any atom is 0.129 e. The molecule has 2 rings (SSSR count). The lowest BCUT2D eigenvalue weighted by Crippen LogP contribution is -2.19. The quantitative estimate of drug-likeness (QED) is 0.911. The summed E-state index contributed by atoms with van der Waals surface area (Å²) in [5, 5.41) is 10.9. The van der Waals surface area contributed by atoms with Crippen LogP contribution in [0.1, 0.15) is 17.2 Å². The Hall–Kier alpha value is -1.52. The SMILES string of the molecule is CNC(c1ccnnc1)c1ccc(Cl)cc1F. The third kappa shape index (κ3) is 2.60. The Morgan fingerprint density at radius 3 is 2.71 bits per heavy atom. The Morgan fingerprint density at radius 1 is 1.29 bits per heavy atom. The zero-order chi connectivity index (χ0) is 12.3. The topological polar surface area (TPSA) is 37.8 Å². The van der Waals surface area contributed by atoms with Crippen LogP contribution >= 0.6 is 11.6 Å². The van der Waals surface area contributed by atoms with E-state index in [0.717, 1.165) is 5.56 Å². The van der Waals surface area contributed by atoms with Gasteiger partial charge in [0, 0.05) is 16.8 Å². The molecular weight excluding hydrogens is 241 g/mol. The zero-order valence-electron chi connectivity index (χ0n) is 9.19. The first-order valence-electron chi connectivity index (χ1n) is 5.11. The molecule has 0 aliphatic heterocycles. The maximum atomic E-state index is 13.8. The molecule has 1 aromatic carbocycles. The van der Waals surface area contributed by atoms with E-state index in [2.05, 4.69) is 15.5 Å². The largest absolute Gasteiger partial charge is 0.309 e. The van der Waals surface area contributed by atoms with Crippen LogP contribution in [-0.4, -0.2) is 17.2 Å². The summed E-state index contributed by atoms with van der Waals surface area (Å²) >= 11 is 5.73. The molecule has 1 N–H and O–H groups in total. The molecule has 1 heterocycles. The van der Waals surface area contributed by atoms with Crippen molar-refractivity contribution in [2.45, 2.75) is 6.04 Å². The molecule has 88 valence electrons. The predicted molar refractivity (Wildman–Crippen MR) is 64.3 cm³/mol. The van der Waals surface area contributed by atoms with Crippen LogP contribution in [0.2, 0.25) is 5.02 Å². The van der Waals surface area contributed by atoms with E-state index in [1.54, 1.807) is 37.6 Å². The van der Waals surface area contributed by atoms with Gasteiger partial charge in [0.25, 0.3) is 0 Å². The molecule has 0 amide bonds. The summed E-state index contributed by atoms with van der Waals surface area (Å²) in [4.78, 5) is 0. The minimum Gasteiger partial charge on any atom is -0.309 e. The fourth-order valence-corrected chi connectivity index (χ4v) is 1.87. The van der Waals surface area contributed by atoms with Gasteiger partial charge >= 0.3 is 0 Å². The van der Waals surface area contributed by atoms with Gasteiger partial charge in [0.15, 0.2) is 0 Å². The fraction of sp³-hybridized carbons (Fsp3) is 0.167. The molecule has 1 aromatic heterocycles. The van der Waals surface area contributed by atoms with Crippen LogP contribution in [0.3, 0.4) is 0 Å². The van der Waals surface area contributed by atoms with Gasteiger partial charge in [-0.05, 0) is 30.8 Å². The third-order valence-electron chi connectivity index (χ3n) is 2.50. The summed E-state index contributed by atoms with van der Waals surface area (Å²) in [6.45, 7) is 0. The number of nitrogens with zero attached hydrogens (tertiary/aromatic N) is 2. The van der Waals surface area contributed by atoms with Crippen LogP contribution in [0.25, 0.3) is 0 Å². The van der Waals surface area contributed by atoms with Gasteiger partial charge in [0.2, 0.25) is 0 Å². The molecule has 1 unspecified atom stereocenters. The van der Waals surface area contributed by atoms with Crippen molar-refractivity contribution in [3.63, 3.8) is 0 Å². The minimum absolute atomic E-state index is 0.261. The molecule has 3 nitrogen and oxygen atoms in total. The van der Waals surface area contributed by atoms with Crippen molar-refractivity contribution in [3.8, 4) is 0 Å². The molecule has 0 fully saturated rings. The molecule has 0 bridgehead atoms. The van der Waals surface area contributed by atoms with Crippen molar-refractivity contribution >= 4 is 11.6 Å². The van der Waals surface area contributed by atoms with Crippen LogP contribution in [0.5, 0.6) is 0 Å². The third-order valence-corrected chi connectivity index (χ3v) is 2.74. The van der Waals surface area contributed by atoms with Crippen molar-refractivity contribution in [1.29, 1.82) is 0 Å². The van der Waals surface area contributed by atoms with Crippen LogP contribution in [-0.2, 0) is 0 Å². The Bertz CT molecular complexity index is 504. The molecule has 0 radical (unpaired) electrons. The van der Waals surface area contributed by atoms with Gasteiger partial charge in [0.05, 0.1) is 12.2 Å². The Balaban J connectivity index is 2.42. The highest BCUT2D eigenvalue weighted by Crippen LogP contribution is 2.25. The van der Waals surface area contributed by atoms with E-state index in [9.17, 15) is 4.39 Å². The predicted octanol–water partition coefficient (Wildman–Crippen LogP) is 2.58. The van der Waals surface area contributed by atoms with Gasteiger partial charge in [-0.25, -0.2) is 4.39 Å². The lowest BCUT2D eigenvalue weighted by Gasteiger charge is -2.17. The lowest BCUT2D eigenvalue weighted by atomic mass is 10.0. The molecule has 17 heavy (non-hydrogen) atoms. The first kappa shape index (κ1) is 12.0.